The molecular weight excluding hydrogens is 196 g/mol. The van der Waals surface area contributed by atoms with Crippen molar-refractivity contribution in [1.82, 2.24) is 10.2 Å². The smallest absolute Gasteiger partial charge is 0.0309 e. The van der Waals surface area contributed by atoms with Crippen LogP contribution in [0.4, 0.5) is 0 Å². The van der Waals surface area contributed by atoms with E-state index in [9.17, 15) is 0 Å². The van der Waals surface area contributed by atoms with E-state index in [1.807, 2.05) is 0 Å². The van der Waals surface area contributed by atoms with E-state index in [2.05, 4.69) is 44.8 Å². The molecule has 2 fully saturated rings. The lowest BCUT2D eigenvalue weighted by Crippen LogP contribution is -2.65. The van der Waals surface area contributed by atoms with Gasteiger partial charge in [0.05, 0.1) is 0 Å². The van der Waals surface area contributed by atoms with Crippen molar-refractivity contribution < 1.29 is 0 Å². The third-order valence-corrected chi connectivity index (χ3v) is 4.84. The Balaban J connectivity index is 2.05. The zero-order chi connectivity index (χ0) is 11.9. The summed E-state index contributed by atoms with van der Waals surface area (Å²) < 4.78 is 0. The minimum absolute atomic E-state index is 0.385. The number of hydrogen-bond acceptors (Lipinski definition) is 2. The maximum atomic E-state index is 3.79. The van der Waals surface area contributed by atoms with Gasteiger partial charge in [-0.15, -0.1) is 0 Å². The second kappa shape index (κ2) is 4.30. The van der Waals surface area contributed by atoms with Crippen molar-refractivity contribution in [3.63, 3.8) is 0 Å². The van der Waals surface area contributed by atoms with Gasteiger partial charge in [-0.1, -0.05) is 13.8 Å². The Labute approximate surface area is 101 Å². The molecular formula is C14H28N2. The van der Waals surface area contributed by atoms with E-state index < -0.39 is 0 Å². The van der Waals surface area contributed by atoms with E-state index in [4.69, 9.17) is 0 Å². The lowest BCUT2D eigenvalue weighted by Gasteiger charge is -2.49. The zero-order valence-corrected chi connectivity index (χ0v) is 11.6. The van der Waals surface area contributed by atoms with E-state index in [1.165, 1.54) is 19.4 Å². The molecule has 1 saturated heterocycles. The fraction of sp³-hybridized carbons (Fsp3) is 1.00. The first kappa shape index (κ1) is 12.4. The lowest BCUT2D eigenvalue weighted by molar-refractivity contribution is 0.0359. The molecule has 0 bridgehead atoms. The lowest BCUT2D eigenvalue weighted by atomic mass is 9.89. The van der Waals surface area contributed by atoms with Gasteiger partial charge in [-0.25, -0.2) is 0 Å². The Kier molecular flexibility index (Phi) is 3.33. The molecule has 2 aliphatic rings. The molecule has 0 aromatic heterocycles. The van der Waals surface area contributed by atoms with Crippen LogP contribution in [0.15, 0.2) is 0 Å². The van der Waals surface area contributed by atoms with Gasteiger partial charge >= 0.3 is 0 Å². The Morgan fingerprint density at radius 3 is 2.38 bits per heavy atom. The van der Waals surface area contributed by atoms with Crippen LogP contribution in [0, 0.1) is 11.8 Å². The van der Waals surface area contributed by atoms with Crippen LogP contribution in [0.1, 0.15) is 47.5 Å². The normalized spacial score (nSPS) is 39.0. The van der Waals surface area contributed by atoms with Crippen molar-refractivity contribution in [1.29, 1.82) is 0 Å². The molecule has 94 valence electrons. The molecule has 0 spiro atoms. The molecule has 1 aliphatic heterocycles. The monoisotopic (exact) mass is 224 g/mol. The van der Waals surface area contributed by atoms with Gasteiger partial charge in [0.15, 0.2) is 0 Å². The van der Waals surface area contributed by atoms with Gasteiger partial charge in [0.2, 0.25) is 0 Å². The van der Waals surface area contributed by atoms with E-state index in [-0.39, 0.29) is 0 Å². The Morgan fingerprint density at radius 2 is 1.88 bits per heavy atom. The van der Waals surface area contributed by atoms with E-state index >= 15 is 0 Å². The van der Waals surface area contributed by atoms with E-state index in [1.54, 1.807) is 0 Å². The minimum atomic E-state index is 0.385. The van der Waals surface area contributed by atoms with Crippen LogP contribution in [-0.4, -0.2) is 35.6 Å². The van der Waals surface area contributed by atoms with Gasteiger partial charge < -0.3 is 5.32 Å². The van der Waals surface area contributed by atoms with Crippen molar-refractivity contribution >= 4 is 0 Å². The van der Waals surface area contributed by atoms with Crippen LogP contribution in [0.2, 0.25) is 0 Å². The summed E-state index contributed by atoms with van der Waals surface area (Å²) >= 11 is 0. The van der Waals surface area contributed by atoms with Crippen LogP contribution in [0.3, 0.4) is 0 Å². The predicted molar refractivity (Wildman–Crippen MR) is 69.6 cm³/mol. The predicted octanol–water partition coefficient (Wildman–Crippen LogP) is 2.49. The highest BCUT2D eigenvalue weighted by atomic mass is 15.3. The first-order valence-corrected chi connectivity index (χ1v) is 6.95. The molecule has 1 N–H and O–H groups in total. The molecule has 1 saturated carbocycles. The Hall–Kier alpha value is -0.0800. The molecule has 1 heterocycles. The molecule has 3 atom stereocenters. The van der Waals surface area contributed by atoms with Gasteiger partial charge in [-0.2, -0.15) is 0 Å². The summed E-state index contributed by atoms with van der Waals surface area (Å²) in [6.45, 7) is 14.2. The number of nitrogens with zero attached hydrogens (tertiary/aromatic N) is 1. The van der Waals surface area contributed by atoms with Gasteiger partial charge in [0.1, 0.15) is 0 Å². The number of nitrogens with one attached hydrogen (secondary N) is 1. The molecule has 0 aromatic carbocycles. The minimum Gasteiger partial charge on any atom is -0.308 e. The molecule has 0 radical (unpaired) electrons. The third-order valence-electron chi connectivity index (χ3n) is 4.84. The highest BCUT2D eigenvalue weighted by Crippen LogP contribution is 2.41. The molecule has 2 rings (SSSR count). The summed E-state index contributed by atoms with van der Waals surface area (Å²) in [4.78, 5) is 2.72. The molecule has 16 heavy (non-hydrogen) atoms. The topological polar surface area (TPSA) is 15.3 Å². The maximum Gasteiger partial charge on any atom is 0.0309 e. The average molecular weight is 224 g/mol. The standard InChI is InChI=1S/C14H28N2/c1-10(2)12(4)16-9-14(5,13-6-7-13)15-8-11(16)3/h10-13,15H,6-9H2,1-5H3. The molecule has 1 aliphatic carbocycles. The first-order valence-electron chi connectivity index (χ1n) is 6.95. The van der Waals surface area contributed by atoms with Crippen LogP contribution in [0.5, 0.6) is 0 Å². The number of rotatable bonds is 3. The molecule has 2 nitrogen and oxygen atoms in total. The number of piperazine rings is 1. The quantitative estimate of drug-likeness (QED) is 0.792. The van der Waals surface area contributed by atoms with Gasteiger partial charge in [-0.05, 0) is 45.4 Å². The second-order valence-electron chi connectivity index (χ2n) is 6.58. The summed E-state index contributed by atoms with van der Waals surface area (Å²) in [5.41, 5.74) is 0.385. The van der Waals surface area contributed by atoms with E-state index in [0.717, 1.165) is 18.4 Å². The molecule has 0 amide bonds. The second-order valence-corrected chi connectivity index (χ2v) is 6.58. The van der Waals surface area contributed by atoms with Crippen molar-refractivity contribution in [2.45, 2.75) is 65.1 Å². The van der Waals surface area contributed by atoms with Gasteiger partial charge in [0, 0.05) is 30.7 Å². The SMILES string of the molecule is CC(C)C(C)N1CC(C)(C2CC2)NCC1C. The highest BCUT2D eigenvalue weighted by molar-refractivity contribution is 5.04. The molecule has 2 heteroatoms. The Bertz CT molecular complexity index is 247. The van der Waals surface area contributed by atoms with Crippen LogP contribution < -0.4 is 5.32 Å². The summed E-state index contributed by atoms with van der Waals surface area (Å²) in [6, 6.07) is 1.39. The van der Waals surface area contributed by atoms with Crippen molar-refractivity contribution in [3.05, 3.63) is 0 Å². The molecule has 3 unspecified atom stereocenters. The van der Waals surface area contributed by atoms with Crippen LogP contribution in [0.25, 0.3) is 0 Å². The van der Waals surface area contributed by atoms with Gasteiger partial charge in [-0.3, -0.25) is 4.90 Å². The summed E-state index contributed by atoms with van der Waals surface area (Å²) in [5, 5.41) is 3.79. The zero-order valence-electron chi connectivity index (χ0n) is 11.6. The maximum absolute atomic E-state index is 3.79. The number of hydrogen-bond donors (Lipinski definition) is 1. The van der Waals surface area contributed by atoms with Crippen molar-refractivity contribution in [2.75, 3.05) is 13.1 Å². The van der Waals surface area contributed by atoms with Crippen LogP contribution in [-0.2, 0) is 0 Å². The fourth-order valence-corrected chi connectivity index (χ4v) is 3.01. The summed E-state index contributed by atoms with van der Waals surface area (Å²) in [6.07, 6.45) is 2.86. The van der Waals surface area contributed by atoms with E-state index in [0.29, 0.717) is 17.6 Å². The third kappa shape index (κ3) is 2.28. The Morgan fingerprint density at radius 1 is 1.25 bits per heavy atom. The van der Waals surface area contributed by atoms with Gasteiger partial charge in [0.25, 0.3) is 0 Å². The molecule has 0 aromatic rings. The van der Waals surface area contributed by atoms with Crippen molar-refractivity contribution in [2.24, 2.45) is 11.8 Å². The first-order chi connectivity index (χ1) is 7.44. The highest BCUT2D eigenvalue weighted by Gasteiger charge is 2.46. The summed E-state index contributed by atoms with van der Waals surface area (Å²) in [5.74, 6) is 1.69. The summed E-state index contributed by atoms with van der Waals surface area (Å²) in [7, 11) is 0. The fourth-order valence-electron chi connectivity index (χ4n) is 3.01. The van der Waals surface area contributed by atoms with Crippen LogP contribution >= 0.6 is 0 Å². The van der Waals surface area contributed by atoms with Crippen molar-refractivity contribution in [3.8, 4) is 0 Å². The average Bonchev–Trinajstić information content (AvgIpc) is 3.04. The largest absolute Gasteiger partial charge is 0.308 e.